The Morgan fingerprint density at radius 3 is 2.55 bits per heavy atom. The summed E-state index contributed by atoms with van der Waals surface area (Å²) >= 11 is 0. The Bertz CT molecular complexity index is 909. The van der Waals surface area contributed by atoms with Crippen molar-refractivity contribution in [2.75, 3.05) is 19.8 Å². The highest BCUT2D eigenvalue weighted by Crippen LogP contribution is 2.23. The van der Waals surface area contributed by atoms with Crippen molar-refractivity contribution in [3.8, 4) is 16.9 Å². The van der Waals surface area contributed by atoms with Gasteiger partial charge < -0.3 is 15.4 Å². The first-order valence-corrected chi connectivity index (χ1v) is 9.57. The topological polar surface area (TPSA) is 68.2 Å². The third-order valence-electron chi connectivity index (χ3n) is 4.76. The predicted molar refractivity (Wildman–Crippen MR) is 115 cm³/mol. The standard InChI is InChI=1S/C22H24N4O2.ClH/c27-21(13-19-16-28-12-11-23-19)24-14-18-15-26(20-9-5-2-6-10-20)25-22(18)17-7-3-1-4-8-17;/h1-10,15,19,23H,11-14,16H2,(H,24,27);1H. The number of halogens is 1. The van der Waals surface area contributed by atoms with Crippen molar-refractivity contribution < 1.29 is 9.53 Å². The Labute approximate surface area is 176 Å². The molecule has 3 aromatic rings. The zero-order valence-corrected chi connectivity index (χ0v) is 16.9. The molecule has 29 heavy (non-hydrogen) atoms. The van der Waals surface area contributed by atoms with Crippen LogP contribution in [-0.2, 0) is 16.1 Å². The van der Waals surface area contributed by atoms with E-state index in [1.165, 1.54) is 0 Å². The number of carbonyl (C=O) groups excluding carboxylic acids is 1. The molecular formula is C22H25ClN4O2. The van der Waals surface area contributed by atoms with Crippen molar-refractivity contribution in [3.63, 3.8) is 0 Å². The summed E-state index contributed by atoms with van der Waals surface area (Å²) in [4.78, 5) is 12.4. The second kappa shape index (κ2) is 10.2. The van der Waals surface area contributed by atoms with E-state index < -0.39 is 0 Å². The van der Waals surface area contributed by atoms with Crippen molar-refractivity contribution in [2.45, 2.75) is 19.0 Å². The molecule has 2 N–H and O–H groups in total. The Balaban J connectivity index is 0.00000240. The van der Waals surface area contributed by atoms with Gasteiger partial charge in [-0.25, -0.2) is 4.68 Å². The molecule has 1 aliphatic rings. The zero-order valence-electron chi connectivity index (χ0n) is 16.1. The minimum atomic E-state index is 0. The maximum atomic E-state index is 12.4. The highest BCUT2D eigenvalue weighted by molar-refractivity contribution is 5.85. The van der Waals surface area contributed by atoms with E-state index in [-0.39, 0.29) is 24.4 Å². The molecule has 0 saturated carbocycles. The molecule has 0 bridgehead atoms. The lowest BCUT2D eigenvalue weighted by atomic mass is 10.1. The van der Waals surface area contributed by atoms with Gasteiger partial charge in [-0.1, -0.05) is 48.5 Å². The van der Waals surface area contributed by atoms with E-state index in [0.717, 1.165) is 29.1 Å². The van der Waals surface area contributed by atoms with E-state index in [1.807, 2.05) is 71.5 Å². The fraction of sp³-hybridized carbons (Fsp3) is 0.273. The number of carbonyl (C=O) groups is 1. The molecule has 1 aliphatic heterocycles. The van der Waals surface area contributed by atoms with Crippen LogP contribution in [0.4, 0.5) is 0 Å². The van der Waals surface area contributed by atoms with Crippen LogP contribution < -0.4 is 10.6 Å². The van der Waals surface area contributed by atoms with Crippen molar-refractivity contribution in [2.24, 2.45) is 0 Å². The molecule has 1 atom stereocenters. The van der Waals surface area contributed by atoms with E-state index in [4.69, 9.17) is 9.84 Å². The summed E-state index contributed by atoms with van der Waals surface area (Å²) in [7, 11) is 0. The largest absolute Gasteiger partial charge is 0.378 e. The number of benzene rings is 2. The fourth-order valence-electron chi connectivity index (χ4n) is 3.33. The van der Waals surface area contributed by atoms with Gasteiger partial charge in [0.2, 0.25) is 5.91 Å². The zero-order chi connectivity index (χ0) is 19.2. The number of hydrogen-bond acceptors (Lipinski definition) is 4. The van der Waals surface area contributed by atoms with Gasteiger partial charge in [0.15, 0.2) is 0 Å². The molecule has 6 nitrogen and oxygen atoms in total. The summed E-state index contributed by atoms with van der Waals surface area (Å²) in [5.41, 5.74) is 3.88. The molecule has 1 fully saturated rings. The van der Waals surface area contributed by atoms with Crippen LogP contribution in [-0.4, -0.2) is 41.5 Å². The van der Waals surface area contributed by atoms with Gasteiger partial charge in [0, 0.05) is 42.9 Å². The number of ether oxygens (including phenoxy) is 1. The molecule has 2 heterocycles. The highest BCUT2D eigenvalue weighted by Gasteiger charge is 2.18. The molecule has 7 heteroatoms. The van der Waals surface area contributed by atoms with Crippen LogP contribution in [0.3, 0.4) is 0 Å². The minimum Gasteiger partial charge on any atom is -0.378 e. The summed E-state index contributed by atoms with van der Waals surface area (Å²) in [5.74, 6) is 0.00877. The average Bonchev–Trinajstić information content (AvgIpc) is 3.19. The normalized spacial score (nSPS) is 16.1. The number of nitrogens with zero attached hydrogens (tertiary/aromatic N) is 2. The molecule has 152 valence electrons. The average molecular weight is 413 g/mol. The Morgan fingerprint density at radius 1 is 1.14 bits per heavy atom. The van der Waals surface area contributed by atoms with Gasteiger partial charge in [0.25, 0.3) is 0 Å². The molecule has 1 saturated heterocycles. The van der Waals surface area contributed by atoms with Crippen molar-refractivity contribution in [1.82, 2.24) is 20.4 Å². The number of nitrogens with one attached hydrogen (secondary N) is 2. The summed E-state index contributed by atoms with van der Waals surface area (Å²) in [6, 6.07) is 20.1. The minimum absolute atomic E-state index is 0. The first-order chi connectivity index (χ1) is 13.8. The van der Waals surface area contributed by atoms with Gasteiger partial charge in [0.1, 0.15) is 0 Å². The molecular weight excluding hydrogens is 388 g/mol. The van der Waals surface area contributed by atoms with Crippen molar-refractivity contribution >= 4 is 18.3 Å². The fourth-order valence-corrected chi connectivity index (χ4v) is 3.33. The molecule has 0 aliphatic carbocycles. The molecule has 2 aromatic carbocycles. The van der Waals surface area contributed by atoms with Crippen LogP contribution in [0.2, 0.25) is 0 Å². The number of para-hydroxylation sites is 1. The quantitative estimate of drug-likeness (QED) is 0.653. The molecule has 4 rings (SSSR count). The monoisotopic (exact) mass is 412 g/mol. The third-order valence-corrected chi connectivity index (χ3v) is 4.76. The second-order valence-electron chi connectivity index (χ2n) is 6.86. The molecule has 1 unspecified atom stereocenters. The Hall–Kier alpha value is -2.67. The lowest BCUT2D eigenvalue weighted by Gasteiger charge is -2.23. The van der Waals surface area contributed by atoms with Gasteiger partial charge >= 0.3 is 0 Å². The summed E-state index contributed by atoms with van der Waals surface area (Å²) in [6.07, 6.45) is 2.40. The number of hydrogen-bond donors (Lipinski definition) is 2. The first kappa shape index (κ1) is 21.0. The van der Waals surface area contributed by atoms with Crippen LogP contribution in [0.15, 0.2) is 66.9 Å². The van der Waals surface area contributed by atoms with Crippen molar-refractivity contribution in [3.05, 3.63) is 72.4 Å². The van der Waals surface area contributed by atoms with Crippen LogP contribution in [0.25, 0.3) is 16.9 Å². The van der Waals surface area contributed by atoms with Gasteiger partial charge in [-0.2, -0.15) is 5.10 Å². The third kappa shape index (κ3) is 5.44. The van der Waals surface area contributed by atoms with Gasteiger partial charge in [-0.05, 0) is 12.1 Å². The van der Waals surface area contributed by atoms with Crippen LogP contribution in [0, 0.1) is 0 Å². The van der Waals surface area contributed by atoms with Gasteiger partial charge in [-0.3, -0.25) is 4.79 Å². The maximum absolute atomic E-state index is 12.4. The molecule has 1 amide bonds. The van der Waals surface area contributed by atoms with E-state index in [2.05, 4.69) is 10.6 Å². The lowest BCUT2D eigenvalue weighted by molar-refractivity contribution is -0.122. The summed E-state index contributed by atoms with van der Waals surface area (Å²) in [5, 5.41) is 11.1. The predicted octanol–water partition coefficient (Wildman–Crippen LogP) is 2.96. The van der Waals surface area contributed by atoms with E-state index in [9.17, 15) is 4.79 Å². The highest BCUT2D eigenvalue weighted by atomic mass is 35.5. The van der Waals surface area contributed by atoms with Crippen molar-refractivity contribution in [1.29, 1.82) is 0 Å². The number of amides is 1. The molecule has 0 radical (unpaired) electrons. The number of rotatable bonds is 6. The second-order valence-corrected chi connectivity index (χ2v) is 6.86. The van der Waals surface area contributed by atoms with Crippen LogP contribution in [0.5, 0.6) is 0 Å². The van der Waals surface area contributed by atoms with Crippen LogP contribution >= 0.6 is 12.4 Å². The Morgan fingerprint density at radius 2 is 1.86 bits per heavy atom. The first-order valence-electron chi connectivity index (χ1n) is 9.57. The number of aromatic nitrogens is 2. The molecule has 0 spiro atoms. The van der Waals surface area contributed by atoms with E-state index in [0.29, 0.717) is 26.2 Å². The number of morpholine rings is 1. The van der Waals surface area contributed by atoms with Gasteiger partial charge in [-0.15, -0.1) is 12.4 Å². The lowest BCUT2D eigenvalue weighted by Crippen LogP contribution is -2.44. The smallest absolute Gasteiger partial charge is 0.221 e. The van der Waals surface area contributed by atoms with E-state index >= 15 is 0 Å². The van der Waals surface area contributed by atoms with Gasteiger partial charge in [0.05, 0.1) is 24.6 Å². The van der Waals surface area contributed by atoms with Crippen LogP contribution in [0.1, 0.15) is 12.0 Å². The summed E-state index contributed by atoms with van der Waals surface area (Å²) < 4.78 is 7.28. The summed E-state index contributed by atoms with van der Waals surface area (Å²) in [6.45, 7) is 2.51. The van der Waals surface area contributed by atoms with E-state index in [1.54, 1.807) is 0 Å². The SMILES string of the molecule is Cl.O=C(CC1COCCN1)NCc1cn(-c2ccccc2)nc1-c1ccccc1. The Kier molecular flexibility index (Phi) is 7.41. The maximum Gasteiger partial charge on any atom is 0.221 e. The molecule has 1 aromatic heterocycles.